The van der Waals surface area contributed by atoms with Crippen molar-refractivity contribution in [3.63, 3.8) is 0 Å². The van der Waals surface area contributed by atoms with E-state index in [0.29, 0.717) is 5.69 Å². The molecule has 0 aromatic heterocycles. The van der Waals surface area contributed by atoms with Gasteiger partial charge in [0.1, 0.15) is 5.82 Å². The maximum absolute atomic E-state index is 13.0. The van der Waals surface area contributed by atoms with Crippen LogP contribution in [0.3, 0.4) is 0 Å². The highest BCUT2D eigenvalue weighted by Crippen LogP contribution is 2.21. The lowest BCUT2D eigenvalue weighted by molar-refractivity contribution is -0.111. The molecule has 4 aromatic rings. The number of hydrogen-bond acceptors (Lipinski definition) is 3. The Hall–Kier alpha value is -3.97. The molecule has 0 bridgehead atoms. The summed E-state index contributed by atoms with van der Waals surface area (Å²) in [4.78, 5) is 12.3. The van der Waals surface area contributed by atoms with Gasteiger partial charge in [-0.05, 0) is 70.9 Å². The zero-order valence-electron chi connectivity index (χ0n) is 16.8. The van der Waals surface area contributed by atoms with Gasteiger partial charge in [0.15, 0.2) is 0 Å². The number of carbonyl (C=O) groups is 1. The summed E-state index contributed by atoms with van der Waals surface area (Å²) >= 11 is 0. The van der Waals surface area contributed by atoms with Crippen LogP contribution in [0.15, 0.2) is 102 Å². The average Bonchev–Trinajstić information content (AvgIpc) is 2.79. The van der Waals surface area contributed by atoms with Gasteiger partial charge >= 0.3 is 0 Å². The summed E-state index contributed by atoms with van der Waals surface area (Å²) in [6.07, 6.45) is 3.17. The molecule has 0 atom stereocenters. The van der Waals surface area contributed by atoms with Gasteiger partial charge in [-0.25, -0.2) is 12.8 Å². The molecule has 1 amide bonds. The van der Waals surface area contributed by atoms with Gasteiger partial charge in [-0.3, -0.25) is 9.52 Å². The highest BCUT2D eigenvalue weighted by molar-refractivity contribution is 7.92. The molecule has 2 N–H and O–H groups in total. The molecule has 160 valence electrons. The van der Waals surface area contributed by atoms with Gasteiger partial charge in [0.05, 0.1) is 4.90 Å². The fraction of sp³-hybridized carbons (Fsp3) is 0. The molecule has 4 rings (SSSR count). The first kappa shape index (κ1) is 21.3. The van der Waals surface area contributed by atoms with E-state index >= 15 is 0 Å². The molecule has 0 saturated carbocycles. The lowest BCUT2D eigenvalue weighted by Gasteiger charge is -2.09. The summed E-state index contributed by atoms with van der Waals surface area (Å²) < 4.78 is 40.3. The van der Waals surface area contributed by atoms with Crippen LogP contribution in [0, 0.1) is 5.82 Å². The number of halogens is 1. The summed E-state index contributed by atoms with van der Waals surface area (Å²) in [5.41, 5.74) is 1.63. The Morgan fingerprint density at radius 3 is 2.19 bits per heavy atom. The first-order chi connectivity index (χ1) is 15.4. The number of rotatable bonds is 6. The van der Waals surface area contributed by atoms with E-state index in [4.69, 9.17) is 0 Å². The van der Waals surface area contributed by atoms with Gasteiger partial charge < -0.3 is 5.32 Å². The maximum Gasteiger partial charge on any atom is 0.261 e. The van der Waals surface area contributed by atoms with E-state index in [1.54, 1.807) is 6.08 Å². The highest BCUT2D eigenvalue weighted by atomic mass is 32.2. The van der Waals surface area contributed by atoms with Gasteiger partial charge in [0.2, 0.25) is 5.91 Å². The SMILES string of the molecule is O=C(C=Cc1cccc2ccccc12)Nc1ccc(S(=O)(=O)Nc2ccc(F)cc2)cc1. The predicted octanol–water partition coefficient (Wildman–Crippen LogP) is 5.43. The minimum atomic E-state index is -3.84. The molecule has 0 saturated heterocycles. The molecule has 4 aromatic carbocycles. The molecule has 0 aliphatic heterocycles. The monoisotopic (exact) mass is 446 g/mol. The summed E-state index contributed by atoms with van der Waals surface area (Å²) in [7, 11) is -3.84. The van der Waals surface area contributed by atoms with Crippen molar-refractivity contribution in [1.82, 2.24) is 0 Å². The Balaban J connectivity index is 1.43. The lowest BCUT2D eigenvalue weighted by Crippen LogP contribution is -2.13. The number of anilines is 2. The van der Waals surface area contributed by atoms with Crippen molar-refractivity contribution in [3.8, 4) is 0 Å². The van der Waals surface area contributed by atoms with E-state index in [0.717, 1.165) is 16.3 Å². The van der Waals surface area contributed by atoms with Crippen molar-refractivity contribution < 1.29 is 17.6 Å². The number of nitrogens with one attached hydrogen (secondary N) is 2. The maximum atomic E-state index is 13.0. The van der Waals surface area contributed by atoms with Gasteiger partial charge in [-0.1, -0.05) is 42.5 Å². The van der Waals surface area contributed by atoms with E-state index in [2.05, 4.69) is 10.0 Å². The van der Waals surface area contributed by atoms with Gasteiger partial charge in [0.25, 0.3) is 10.0 Å². The number of benzene rings is 4. The molecular weight excluding hydrogens is 427 g/mol. The molecule has 7 heteroatoms. The van der Waals surface area contributed by atoms with Crippen LogP contribution in [0.2, 0.25) is 0 Å². The van der Waals surface area contributed by atoms with E-state index < -0.39 is 15.8 Å². The quantitative estimate of drug-likeness (QED) is 0.388. The minimum Gasteiger partial charge on any atom is -0.323 e. The van der Waals surface area contributed by atoms with Crippen molar-refractivity contribution >= 4 is 44.2 Å². The second-order valence-electron chi connectivity index (χ2n) is 7.03. The zero-order valence-corrected chi connectivity index (χ0v) is 17.6. The predicted molar refractivity (Wildman–Crippen MR) is 125 cm³/mol. The van der Waals surface area contributed by atoms with Crippen LogP contribution in [0.1, 0.15) is 5.56 Å². The smallest absolute Gasteiger partial charge is 0.261 e. The molecule has 32 heavy (non-hydrogen) atoms. The first-order valence-electron chi connectivity index (χ1n) is 9.76. The average molecular weight is 447 g/mol. The highest BCUT2D eigenvalue weighted by Gasteiger charge is 2.14. The fourth-order valence-corrected chi connectivity index (χ4v) is 4.25. The molecule has 0 aliphatic carbocycles. The van der Waals surface area contributed by atoms with Crippen molar-refractivity contribution in [2.75, 3.05) is 10.0 Å². The van der Waals surface area contributed by atoms with Crippen LogP contribution < -0.4 is 10.0 Å². The van der Waals surface area contributed by atoms with Crippen LogP contribution in [0.5, 0.6) is 0 Å². The third-order valence-corrected chi connectivity index (χ3v) is 6.16. The summed E-state index contributed by atoms with van der Waals surface area (Å²) in [5.74, 6) is -0.791. The number of sulfonamides is 1. The van der Waals surface area contributed by atoms with Gasteiger partial charge in [-0.2, -0.15) is 0 Å². The van der Waals surface area contributed by atoms with Crippen LogP contribution in [0.4, 0.5) is 15.8 Å². The molecule has 0 spiro atoms. The Bertz CT molecular complexity index is 1390. The van der Waals surface area contributed by atoms with Crippen LogP contribution in [-0.2, 0) is 14.8 Å². The molecule has 0 radical (unpaired) electrons. The van der Waals surface area contributed by atoms with Crippen molar-refractivity contribution in [2.24, 2.45) is 0 Å². The van der Waals surface area contributed by atoms with E-state index in [1.165, 1.54) is 54.6 Å². The standard InChI is InChI=1S/C25H19FN2O3S/c26-20-9-11-22(12-10-20)28-32(30,31)23-15-13-21(14-16-23)27-25(29)17-8-19-6-3-5-18-4-1-2-7-24(18)19/h1-17,28H,(H,27,29). The van der Waals surface area contributed by atoms with E-state index in [9.17, 15) is 17.6 Å². The molecule has 5 nitrogen and oxygen atoms in total. The van der Waals surface area contributed by atoms with Crippen LogP contribution in [0.25, 0.3) is 16.8 Å². The third-order valence-electron chi connectivity index (χ3n) is 4.77. The molecular formula is C25H19FN2O3S. The second-order valence-corrected chi connectivity index (χ2v) is 8.71. The summed E-state index contributed by atoms with van der Waals surface area (Å²) in [6, 6.07) is 24.6. The lowest BCUT2D eigenvalue weighted by atomic mass is 10.0. The fourth-order valence-electron chi connectivity index (χ4n) is 3.19. The molecule has 0 fully saturated rings. The molecule has 0 unspecified atom stereocenters. The summed E-state index contributed by atoms with van der Waals surface area (Å²) in [6.45, 7) is 0. The van der Waals surface area contributed by atoms with Gasteiger partial charge in [0, 0.05) is 17.5 Å². The third kappa shape index (κ3) is 5.01. The summed E-state index contributed by atoms with van der Waals surface area (Å²) in [5, 5.41) is 4.84. The number of amides is 1. The topological polar surface area (TPSA) is 75.3 Å². The number of fused-ring (bicyclic) bond motifs is 1. The van der Waals surface area contributed by atoms with Crippen LogP contribution >= 0.6 is 0 Å². The Labute approximate surface area is 185 Å². The van der Waals surface area contributed by atoms with E-state index in [-0.39, 0.29) is 16.5 Å². The van der Waals surface area contributed by atoms with Crippen molar-refractivity contribution in [3.05, 3.63) is 108 Å². The van der Waals surface area contributed by atoms with Crippen molar-refractivity contribution in [2.45, 2.75) is 4.90 Å². The Kier molecular flexibility index (Phi) is 6.00. The first-order valence-corrected chi connectivity index (χ1v) is 11.2. The zero-order chi connectivity index (χ0) is 22.6. The number of carbonyl (C=O) groups excluding carboxylic acids is 1. The molecule has 0 aliphatic rings. The van der Waals surface area contributed by atoms with Crippen LogP contribution in [-0.4, -0.2) is 14.3 Å². The largest absolute Gasteiger partial charge is 0.323 e. The Morgan fingerprint density at radius 2 is 1.44 bits per heavy atom. The van der Waals surface area contributed by atoms with E-state index in [1.807, 2.05) is 42.5 Å². The van der Waals surface area contributed by atoms with Gasteiger partial charge in [-0.15, -0.1) is 0 Å². The number of hydrogen-bond donors (Lipinski definition) is 2. The second kappa shape index (κ2) is 9.03. The Morgan fingerprint density at radius 1 is 0.781 bits per heavy atom. The minimum absolute atomic E-state index is 0.0196. The normalized spacial score (nSPS) is 11.5. The molecule has 0 heterocycles. The van der Waals surface area contributed by atoms with Crippen molar-refractivity contribution in [1.29, 1.82) is 0 Å².